The molecule has 0 aliphatic carbocycles. The van der Waals surface area contributed by atoms with Crippen LogP contribution in [0.2, 0.25) is 0 Å². The van der Waals surface area contributed by atoms with Gasteiger partial charge in [0.1, 0.15) is 0 Å². The molecule has 176 valence electrons. The topological polar surface area (TPSA) is 61.8 Å². The van der Waals surface area contributed by atoms with Crippen molar-refractivity contribution in [3.8, 4) is 0 Å². The molecule has 1 saturated heterocycles. The minimum Gasteiger partial charge on any atom is -0.462 e. The zero-order valence-electron chi connectivity index (χ0n) is 19.7. The van der Waals surface area contributed by atoms with Gasteiger partial charge in [0.2, 0.25) is 0 Å². The lowest BCUT2D eigenvalue weighted by atomic mass is 10.2. The summed E-state index contributed by atoms with van der Waals surface area (Å²) in [6.07, 6.45) is 2.75. The van der Waals surface area contributed by atoms with E-state index in [-0.39, 0.29) is 19.0 Å². The van der Waals surface area contributed by atoms with Gasteiger partial charge in [-0.25, -0.2) is 4.79 Å². The first kappa shape index (κ1) is 25.2. The summed E-state index contributed by atoms with van der Waals surface area (Å²) in [5.74, 6) is -0.466. The molecule has 0 bridgehead atoms. The van der Waals surface area contributed by atoms with Crippen LogP contribution in [0.5, 0.6) is 0 Å². The normalized spacial score (nSPS) is 17.0. The number of carbonyl (C=O) groups is 1. The van der Waals surface area contributed by atoms with Gasteiger partial charge in [0.05, 0.1) is 18.3 Å². The van der Waals surface area contributed by atoms with Gasteiger partial charge in [0, 0.05) is 29.0 Å². The molecular formula is C27H33O5P. The van der Waals surface area contributed by atoms with Crippen LogP contribution in [0.15, 0.2) is 77.3 Å². The third-order valence-electron chi connectivity index (χ3n) is 5.54. The van der Waals surface area contributed by atoms with E-state index in [9.17, 15) is 9.36 Å². The molecule has 0 saturated carbocycles. The largest absolute Gasteiger partial charge is 0.462 e. The maximum absolute atomic E-state index is 14.9. The molecule has 33 heavy (non-hydrogen) atoms. The molecule has 0 amide bonds. The Bertz CT molecular complexity index is 975. The van der Waals surface area contributed by atoms with E-state index in [1.54, 1.807) is 13.8 Å². The lowest BCUT2D eigenvalue weighted by Gasteiger charge is -2.28. The van der Waals surface area contributed by atoms with E-state index in [1.807, 2.05) is 67.6 Å². The third-order valence-corrected chi connectivity index (χ3v) is 8.64. The molecule has 3 rings (SSSR count). The molecule has 0 spiro atoms. The summed E-state index contributed by atoms with van der Waals surface area (Å²) in [4.78, 5) is 12.4. The maximum Gasteiger partial charge on any atom is 0.341 e. The number of rotatable bonds is 9. The van der Waals surface area contributed by atoms with E-state index < -0.39 is 13.1 Å². The van der Waals surface area contributed by atoms with Crippen LogP contribution in [0.3, 0.4) is 0 Å². The fraction of sp³-hybridized carbons (Fsp3) is 0.407. The Morgan fingerprint density at radius 2 is 1.70 bits per heavy atom. The molecule has 1 aliphatic heterocycles. The molecule has 2 unspecified atom stereocenters. The highest BCUT2D eigenvalue weighted by atomic mass is 31.2. The average Bonchev–Trinajstić information content (AvgIpc) is 2.85. The molecule has 0 radical (unpaired) electrons. The second-order valence-electron chi connectivity index (χ2n) is 8.14. The summed E-state index contributed by atoms with van der Waals surface area (Å²) >= 11 is 0. The fourth-order valence-corrected chi connectivity index (χ4v) is 6.84. The molecule has 1 fully saturated rings. The highest BCUT2D eigenvalue weighted by molar-refractivity contribution is 7.82. The molecule has 5 nitrogen and oxygen atoms in total. The Labute approximate surface area is 196 Å². The Morgan fingerprint density at radius 1 is 1.09 bits per heavy atom. The van der Waals surface area contributed by atoms with Crippen molar-refractivity contribution in [1.82, 2.24) is 0 Å². The van der Waals surface area contributed by atoms with Crippen molar-refractivity contribution in [1.29, 1.82) is 0 Å². The second-order valence-corrected chi connectivity index (χ2v) is 10.9. The van der Waals surface area contributed by atoms with E-state index in [4.69, 9.17) is 14.2 Å². The monoisotopic (exact) mass is 468 g/mol. The van der Waals surface area contributed by atoms with Crippen LogP contribution in [0.1, 0.15) is 46.5 Å². The third kappa shape index (κ3) is 6.56. The highest BCUT2D eigenvalue weighted by Crippen LogP contribution is 2.53. The van der Waals surface area contributed by atoms with Crippen LogP contribution in [-0.4, -0.2) is 31.6 Å². The fourth-order valence-electron chi connectivity index (χ4n) is 3.90. The van der Waals surface area contributed by atoms with Crippen LogP contribution >= 0.6 is 7.14 Å². The minimum atomic E-state index is -3.30. The van der Waals surface area contributed by atoms with Crippen molar-refractivity contribution in [2.24, 2.45) is 0 Å². The van der Waals surface area contributed by atoms with Gasteiger partial charge in [0.15, 0.2) is 13.4 Å². The Hall–Kier alpha value is -2.42. The molecule has 2 aromatic rings. The van der Waals surface area contributed by atoms with E-state index in [0.717, 1.165) is 19.3 Å². The molecule has 6 heteroatoms. The summed E-state index contributed by atoms with van der Waals surface area (Å²) in [5, 5.41) is 1.92. The maximum atomic E-state index is 14.9. The quantitative estimate of drug-likeness (QED) is 0.216. The molecule has 0 N–H and O–H groups in total. The molecule has 2 aromatic carbocycles. The van der Waals surface area contributed by atoms with Crippen molar-refractivity contribution >= 4 is 23.7 Å². The van der Waals surface area contributed by atoms with Gasteiger partial charge in [-0.1, -0.05) is 60.7 Å². The summed E-state index contributed by atoms with van der Waals surface area (Å²) < 4.78 is 32.0. The standard InChI is InChI=1S/C27H33O5P/c1-4-30-27(28)21(2)19-25(20-22(3)32-26-17-11-12-18-31-26)33(29,23-13-7-5-8-14-23)24-15-9-6-10-16-24/h5-10,13-16,22,26H,4,11-12,17-18,20H2,1-3H3. The van der Waals surface area contributed by atoms with Gasteiger partial charge in [0.25, 0.3) is 0 Å². The van der Waals surface area contributed by atoms with Crippen LogP contribution in [0.25, 0.3) is 0 Å². The van der Waals surface area contributed by atoms with Crippen LogP contribution in [-0.2, 0) is 23.6 Å². The molecule has 0 aromatic heterocycles. The van der Waals surface area contributed by atoms with Gasteiger partial charge in [-0.05, 0) is 40.0 Å². The first-order valence-electron chi connectivity index (χ1n) is 11.6. The predicted molar refractivity (Wildman–Crippen MR) is 131 cm³/mol. The Balaban J connectivity index is 2.09. The van der Waals surface area contributed by atoms with Gasteiger partial charge < -0.3 is 18.8 Å². The van der Waals surface area contributed by atoms with Crippen molar-refractivity contribution in [2.45, 2.75) is 58.8 Å². The van der Waals surface area contributed by atoms with E-state index in [1.165, 1.54) is 0 Å². The molecule has 1 aliphatic rings. The van der Waals surface area contributed by atoms with Crippen molar-refractivity contribution < 1.29 is 23.6 Å². The number of benzene rings is 2. The Morgan fingerprint density at radius 3 is 2.21 bits per heavy atom. The number of ether oxygens (including phenoxy) is 3. The molecule has 2 atom stereocenters. The van der Waals surface area contributed by atoms with Crippen LogP contribution < -0.4 is 10.6 Å². The summed E-state index contributed by atoms with van der Waals surface area (Å²) in [5.41, 5.74) is 3.47. The number of hydrogen-bond acceptors (Lipinski definition) is 5. The second kappa shape index (κ2) is 12.2. The van der Waals surface area contributed by atoms with Gasteiger partial charge in [-0.3, -0.25) is 0 Å². The van der Waals surface area contributed by atoms with E-state index in [0.29, 0.717) is 34.5 Å². The summed E-state index contributed by atoms with van der Waals surface area (Å²) in [6.45, 7) is 6.30. The smallest absolute Gasteiger partial charge is 0.341 e. The van der Waals surface area contributed by atoms with Gasteiger partial charge in [-0.15, -0.1) is 5.73 Å². The average molecular weight is 469 g/mol. The SMILES string of the molecule is CCOC(=O)C(C)=C=C(CC(C)OC1CCCCO1)P(=O)(c1ccccc1)c1ccccc1. The summed E-state index contributed by atoms with van der Waals surface area (Å²) in [6, 6.07) is 18.8. The van der Waals surface area contributed by atoms with E-state index in [2.05, 4.69) is 5.73 Å². The number of carbonyl (C=O) groups excluding carboxylic acids is 1. The van der Waals surface area contributed by atoms with Gasteiger partial charge >= 0.3 is 5.97 Å². The zero-order chi connectivity index (χ0) is 23.7. The highest BCUT2D eigenvalue weighted by Gasteiger charge is 2.34. The Kier molecular flexibility index (Phi) is 9.29. The first-order valence-corrected chi connectivity index (χ1v) is 13.3. The lowest BCUT2D eigenvalue weighted by molar-refractivity contribution is -0.183. The van der Waals surface area contributed by atoms with Crippen molar-refractivity contribution in [2.75, 3.05) is 13.2 Å². The van der Waals surface area contributed by atoms with Crippen molar-refractivity contribution in [3.05, 3.63) is 77.3 Å². The van der Waals surface area contributed by atoms with Crippen LogP contribution in [0, 0.1) is 0 Å². The zero-order valence-corrected chi connectivity index (χ0v) is 20.6. The number of hydrogen-bond donors (Lipinski definition) is 0. The number of esters is 1. The molecular weight excluding hydrogens is 435 g/mol. The molecule has 1 heterocycles. The minimum absolute atomic E-state index is 0.265. The van der Waals surface area contributed by atoms with Gasteiger partial charge in [-0.2, -0.15) is 0 Å². The van der Waals surface area contributed by atoms with Crippen LogP contribution in [0.4, 0.5) is 0 Å². The lowest BCUT2D eigenvalue weighted by Crippen LogP contribution is -2.27. The first-order chi connectivity index (χ1) is 15.9. The van der Waals surface area contributed by atoms with E-state index >= 15 is 0 Å². The summed E-state index contributed by atoms with van der Waals surface area (Å²) in [7, 11) is -3.30. The van der Waals surface area contributed by atoms with Crippen molar-refractivity contribution in [3.63, 3.8) is 0 Å². The predicted octanol–water partition coefficient (Wildman–Crippen LogP) is 5.31.